The van der Waals surface area contributed by atoms with Gasteiger partial charge in [0.15, 0.2) is 0 Å². The van der Waals surface area contributed by atoms with Crippen LogP contribution in [0.25, 0.3) is 11.1 Å². The van der Waals surface area contributed by atoms with Crippen molar-refractivity contribution in [2.24, 2.45) is 0 Å². The van der Waals surface area contributed by atoms with Crippen molar-refractivity contribution in [1.82, 2.24) is 0 Å². The molecule has 0 bridgehead atoms. The van der Waals surface area contributed by atoms with Crippen LogP contribution in [0.3, 0.4) is 0 Å². The Balaban J connectivity index is 2.58. The molecule has 0 N–H and O–H groups in total. The van der Waals surface area contributed by atoms with Gasteiger partial charge in [0.05, 0.1) is 19.8 Å². The lowest BCUT2D eigenvalue weighted by atomic mass is 10.0. The van der Waals surface area contributed by atoms with Crippen LogP contribution in [0.4, 0.5) is 4.39 Å². The van der Waals surface area contributed by atoms with Crippen molar-refractivity contribution >= 4 is 5.97 Å². The summed E-state index contributed by atoms with van der Waals surface area (Å²) in [7, 11) is 2.68. The second-order valence-corrected chi connectivity index (χ2v) is 3.89. The van der Waals surface area contributed by atoms with E-state index in [9.17, 15) is 9.18 Å². The highest BCUT2D eigenvalue weighted by Crippen LogP contribution is 2.32. The highest BCUT2D eigenvalue weighted by Gasteiger charge is 2.17. The molecule has 0 atom stereocenters. The standard InChI is InChI=1S/C15H13FO3/c1-18-14-9-12(15(17)19-2)13(16)8-11(14)10-6-4-3-5-7-10/h3-9H,1-2H3. The molecule has 0 saturated carbocycles. The molecular weight excluding hydrogens is 247 g/mol. The van der Waals surface area contributed by atoms with Gasteiger partial charge in [0.25, 0.3) is 0 Å². The third kappa shape index (κ3) is 2.57. The van der Waals surface area contributed by atoms with Gasteiger partial charge in [0.1, 0.15) is 11.6 Å². The van der Waals surface area contributed by atoms with Crippen molar-refractivity contribution in [3.63, 3.8) is 0 Å². The van der Waals surface area contributed by atoms with Crippen molar-refractivity contribution in [1.29, 1.82) is 0 Å². The summed E-state index contributed by atoms with van der Waals surface area (Å²) in [4.78, 5) is 11.4. The van der Waals surface area contributed by atoms with Gasteiger partial charge in [0, 0.05) is 5.56 Å². The Morgan fingerprint density at radius 2 is 1.79 bits per heavy atom. The van der Waals surface area contributed by atoms with Gasteiger partial charge in [-0.15, -0.1) is 0 Å². The van der Waals surface area contributed by atoms with Crippen LogP contribution in [0.2, 0.25) is 0 Å². The average molecular weight is 260 g/mol. The maximum Gasteiger partial charge on any atom is 0.340 e. The first-order chi connectivity index (χ1) is 9.17. The van der Waals surface area contributed by atoms with Gasteiger partial charge in [-0.05, 0) is 17.7 Å². The van der Waals surface area contributed by atoms with Crippen molar-refractivity contribution in [2.75, 3.05) is 14.2 Å². The van der Waals surface area contributed by atoms with E-state index in [1.807, 2.05) is 30.3 Å². The molecule has 0 heterocycles. The number of rotatable bonds is 3. The Hall–Kier alpha value is -2.36. The molecule has 98 valence electrons. The Morgan fingerprint density at radius 3 is 2.37 bits per heavy atom. The average Bonchev–Trinajstić information content (AvgIpc) is 2.47. The minimum atomic E-state index is -0.726. The number of ether oxygens (including phenoxy) is 2. The fourth-order valence-electron chi connectivity index (χ4n) is 1.83. The summed E-state index contributed by atoms with van der Waals surface area (Å²) in [6.07, 6.45) is 0. The summed E-state index contributed by atoms with van der Waals surface area (Å²) < 4.78 is 23.7. The van der Waals surface area contributed by atoms with E-state index < -0.39 is 11.8 Å². The second-order valence-electron chi connectivity index (χ2n) is 3.89. The summed E-state index contributed by atoms with van der Waals surface area (Å²) in [5, 5.41) is 0. The number of halogens is 1. The normalized spacial score (nSPS) is 10.1. The maximum absolute atomic E-state index is 13.9. The molecule has 4 heteroatoms. The minimum Gasteiger partial charge on any atom is -0.496 e. The lowest BCUT2D eigenvalue weighted by molar-refractivity contribution is 0.0595. The van der Waals surface area contributed by atoms with Crippen LogP contribution in [-0.4, -0.2) is 20.2 Å². The molecule has 0 aliphatic heterocycles. The SMILES string of the molecule is COC(=O)c1cc(OC)c(-c2ccccc2)cc1F. The van der Waals surface area contributed by atoms with Crippen molar-refractivity contribution < 1.29 is 18.7 Å². The van der Waals surface area contributed by atoms with Gasteiger partial charge in [0.2, 0.25) is 0 Å². The van der Waals surface area contributed by atoms with E-state index in [0.29, 0.717) is 11.3 Å². The van der Waals surface area contributed by atoms with E-state index in [2.05, 4.69) is 4.74 Å². The van der Waals surface area contributed by atoms with Crippen LogP contribution in [0.15, 0.2) is 42.5 Å². The summed E-state index contributed by atoms with van der Waals surface area (Å²) in [6.45, 7) is 0. The minimum absolute atomic E-state index is 0.140. The topological polar surface area (TPSA) is 35.5 Å². The zero-order valence-electron chi connectivity index (χ0n) is 10.6. The van der Waals surface area contributed by atoms with Crippen molar-refractivity contribution in [3.05, 3.63) is 53.8 Å². The number of carbonyl (C=O) groups excluding carboxylic acids is 1. The number of benzene rings is 2. The molecule has 0 unspecified atom stereocenters. The molecule has 19 heavy (non-hydrogen) atoms. The van der Waals surface area contributed by atoms with Gasteiger partial charge < -0.3 is 9.47 Å². The Bertz CT molecular complexity index is 594. The number of carbonyl (C=O) groups is 1. The zero-order chi connectivity index (χ0) is 13.8. The van der Waals surface area contributed by atoms with E-state index in [0.717, 1.165) is 5.56 Å². The van der Waals surface area contributed by atoms with Crippen molar-refractivity contribution in [2.45, 2.75) is 0 Å². The molecule has 0 saturated heterocycles. The van der Waals surface area contributed by atoms with Crippen LogP contribution in [-0.2, 0) is 4.74 Å². The monoisotopic (exact) mass is 260 g/mol. The summed E-state index contributed by atoms with van der Waals surface area (Å²) in [6, 6.07) is 11.9. The molecule has 0 aromatic heterocycles. The Kier molecular flexibility index (Phi) is 3.80. The smallest absolute Gasteiger partial charge is 0.340 e. The highest BCUT2D eigenvalue weighted by atomic mass is 19.1. The summed E-state index contributed by atoms with van der Waals surface area (Å²) in [5.41, 5.74) is 1.27. The number of methoxy groups -OCH3 is 2. The number of hydrogen-bond donors (Lipinski definition) is 0. The number of hydrogen-bond acceptors (Lipinski definition) is 3. The van der Waals surface area contributed by atoms with Crippen LogP contribution in [0, 0.1) is 5.82 Å². The molecule has 0 radical (unpaired) electrons. The zero-order valence-corrected chi connectivity index (χ0v) is 10.6. The van der Waals surface area contributed by atoms with E-state index in [4.69, 9.17) is 4.74 Å². The molecule has 0 aliphatic carbocycles. The largest absolute Gasteiger partial charge is 0.496 e. The van der Waals surface area contributed by atoms with E-state index in [1.54, 1.807) is 0 Å². The Morgan fingerprint density at radius 1 is 1.11 bits per heavy atom. The molecule has 3 nitrogen and oxygen atoms in total. The van der Waals surface area contributed by atoms with E-state index in [1.165, 1.54) is 26.4 Å². The van der Waals surface area contributed by atoms with E-state index in [-0.39, 0.29) is 5.56 Å². The molecule has 0 amide bonds. The summed E-state index contributed by atoms with van der Waals surface area (Å²) >= 11 is 0. The predicted octanol–water partition coefficient (Wildman–Crippen LogP) is 3.29. The molecular formula is C15H13FO3. The third-order valence-corrected chi connectivity index (χ3v) is 2.78. The van der Waals surface area contributed by atoms with Crippen molar-refractivity contribution in [3.8, 4) is 16.9 Å². The first-order valence-corrected chi connectivity index (χ1v) is 5.68. The first kappa shape index (κ1) is 13.1. The third-order valence-electron chi connectivity index (χ3n) is 2.78. The van der Waals surface area contributed by atoms with Crippen LogP contribution >= 0.6 is 0 Å². The molecule has 0 spiro atoms. The highest BCUT2D eigenvalue weighted by molar-refractivity contribution is 5.91. The van der Waals surface area contributed by atoms with Gasteiger partial charge in [-0.1, -0.05) is 30.3 Å². The second kappa shape index (κ2) is 5.52. The molecule has 0 aliphatic rings. The summed E-state index contributed by atoms with van der Waals surface area (Å²) in [5.74, 6) is -0.935. The predicted molar refractivity (Wildman–Crippen MR) is 69.7 cm³/mol. The maximum atomic E-state index is 13.9. The fourth-order valence-corrected chi connectivity index (χ4v) is 1.83. The van der Waals surface area contributed by atoms with Gasteiger partial charge in [-0.3, -0.25) is 0 Å². The van der Waals surface area contributed by atoms with Gasteiger partial charge in [-0.2, -0.15) is 0 Å². The van der Waals surface area contributed by atoms with Gasteiger partial charge in [-0.25, -0.2) is 9.18 Å². The molecule has 2 rings (SSSR count). The van der Waals surface area contributed by atoms with Crippen LogP contribution in [0.5, 0.6) is 5.75 Å². The van der Waals surface area contributed by atoms with Gasteiger partial charge >= 0.3 is 5.97 Å². The van der Waals surface area contributed by atoms with Crippen LogP contribution < -0.4 is 4.74 Å². The molecule has 2 aromatic carbocycles. The molecule has 0 fully saturated rings. The van der Waals surface area contributed by atoms with E-state index >= 15 is 0 Å². The quantitative estimate of drug-likeness (QED) is 0.794. The fraction of sp³-hybridized carbons (Fsp3) is 0.133. The lowest BCUT2D eigenvalue weighted by Crippen LogP contribution is -2.05. The molecule has 2 aromatic rings. The van der Waals surface area contributed by atoms with Crippen LogP contribution in [0.1, 0.15) is 10.4 Å². The number of esters is 1. The first-order valence-electron chi connectivity index (χ1n) is 5.68. The lowest BCUT2D eigenvalue weighted by Gasteiger charge is -2.11. The Labute approximate surface area is 110 Å².